The number of carbonyl (C=O) groups is 1. The molecule has 0 radical (unpaired) electrons. The number of Topliss-reactive ketones (excluding diaryl/α,β-unsaturated/α-hetero) is 1. The maximum Gasteiger partial charge on any atom is 0.347 e. The summed E-state index contributed by atoms with van der Waals surface area (Å²) in [5.41, 5.74) is 0.881. The number of methoxy groups -OCH3 is 1. The second-order valence-electron chi connectivity index (χ2n) is 5.33. The molecule has 0 amide bonds. The topological polar surface area (TPSA) is 60.4 Å². The highest BCUT2D eigenvalue weighted by Crippen LogP contribution is 2.20. The van der Waals surface area contributed by atoms with E-state index in [0.29, 0.717) is 16.7 Å². The fourth-order valence-corrected chi connectivity index (χ4v) is 2.43. The Kier molecular flexibility index (Phi) is 5.36. The quantitative estimate of drug-likeness (QED) is 0.356. The number of halogens is 1. The van der Waals surface area contributed by atoms with Crippen LogP contribution in [0.5, 0.6) is 5.75 Å². The lowest BCUT2D eigenvalue weighted by Crippen LogP contribution is -3.00. The molecule has 2 aromatic heterocycles. The standard InChI is InChI=1S/C18H16NO4.ClH/c1-12-4-3-7-19(10-12)11-16(20)15-9-13-8-14(22-2)5-6-17(13)23-18(15)21;/h3-10H,11H2,1-2H3;1H/q+1;/p-1. The summed E-state index contributed by atoms with van der Waals surface area (Å²) in [5.74, 6) is 0.344. The zero-order valence-electron chi connectivity index (χ0n) is 13.3. The summed E-state index contributed by atoms with van der Waals surface area (Å²) >= 11 is 0. The van der Waals surface area contributed by atoms with Gasteiger partial charge in [-0.3, -0.25) is 4.79 Å². The number of aromatic nitrogens is 1. The van der Waals surface area contributed by atoms with Crippen LogP contribution < -0.4 is 27.3 Å². The van der Waals surface area contributed by atoms with Crippen LogP contribution in [0.3, 0.4) is 0 Å². The van der Waals surface area contributed by atoms with E-state index in [1.54, 1.807) is 42.1 Å². The first-order valence-electron chi connectivity index (χ1n) is 7.17. The molecule has 0 aliphatic carbocycles. The van der Waals surface area contributed by atoms with E-state index >= 15 is 0 Å². The fourth-order valence-electron chi connectivity index (χ4n) is 2.43. The number of rotatable bonds is 4. The summed E-state index contributed by atoms with van der Waals surface area (Å²) in [6.07, 6.45) is 3.64. The number of carbonyl (C=O) groups excluding carboxylic acids is 1. The van der Waals surface area contributed by atoms with Crippen LogP contribution in [0.2, 0.25) is 0 Å². The van der Waals surface area contributed by atoms with Gasteiger partial charge in [0, 0.05) is 17.0 Å². The van der Waals surface area contributed by atoms with Crippen molar-refractivity contribution in [1.82, 2.24) is 0 Å². The Balaban J connectivity index is 0.00000208. The number of hydrogen-bond donors (Lipinski definition) is 0. The lowest BCUT2D eigenvalue weighted by molar-refractivity contribution is -0.683. The SMILES string of the molecule is COc1ccc2oc(=O)c(C(=O)C[n+]3cccc(C)c3)cc2c1.[Cl-]. The van der Waals surface area contributed by atoms with Gasteiger partial charge in [-0.05, 0) is 37.3 Å². The Morgan fingerprint density at radius 2 is 2.04 bits per heavy atom. The van der Waals surface area contributed by atoms with Gasteiger partial charge in [0.1, 0.15) is 16.9 Å². The molecule has 0 saturated carbocycles. The van der Waals surface area contributed by atoms with Gasteiger partial charge < -0.3 is 21.6 Å². The highest BCUT2D eigenvalue weighted by Gasteiger charge is 2.18. The first kappa shape index (κ1) is 17.7. The van der Waals surface area contributed by atoms with Crippen LogP contribution in [0.1, 0.15) is 15.9 Å². The second-order valence-corrected chi connectivity index (χ2v) is 5.33. The number of ketones is 1. The minimum absolute atomic E-state index is 0. The van der Waals surface area contributed by atoms with E-state index in [-0.39, 0.29) is 30.3 Å². The third kappa shape index (κ3) is 3.63. The van der Waals surface area contributed by atoms with E-state index in [1.807, 2.05) is 25.3 Å². The molecule has 2 heterocycles. The van der Waals surface area contributed by atoms with E-state index in [0.717, 1.165) is 5.56 Å². The monoisotopic (exact) mass is 345 g/mol. The van der Waals surface area contributed by atoms with Gasteiger partial charge in [0.25, 0.3) is 0 Å². The molecule has 24 heavy (non-hydrogen) atoms. The molecule has 5 nitrogen and oxygen atoms in total. The molecule has 0 aliphatic rings. The van der Waals surface area contributed by atoms with Crippen LogP contribution in [0.4, 0.5) is 0 Å². The van der Waals surface area contributed by atoms with Crippen LogP contribution in [-0.4, -0.2) is 12.9 Å². The number of aryl methyl sites for hydroxylation is 1. The van der Waals surface area contributed by atoms with Crippen LogP contribution in [0.15, 0.2) is 58.0 Å². The van der Waals surface area contributed by atoms with E-state index < -0.39 is 5.63 Å². The van der Waals surface area contributed by atoms with E-state index in [9.17, 15) is 9.59 Å². The molecule has 0 spiro atoms. The number of nitrogens with zero attached hydrogens (tertiary/aromatic N) is 1. The minimum Gasteiger partial charge on any atom is -1.00 e. The van der Waals surface area contributed by atoms with Crippen LogP contribution in [0.25, 0.3) is 11.0 Å². The smallest absolute Gasteiger partial charge is 0.347 e. The molecule has 1 aromatic carbocycles. The Bertz CT molecular complexity index is 949. The highest BCUT2D eigenvalue weighted by atomic mass is 35.5. The Hall–Kier alpha value is -2.66. The first-order valence-corrected chi connectivity index (χ1v) is 7.17. The fraction of sp³-hybridized carbons (Fsp3) is 0.167. The molecule has 0 saturated heterocycles. The van der Waals surface area contributed by atoms with E-state index in [1.165, 1.54) is 0 Å². The van der Waals surface area contributed by atoms with E-state index in [2.05, 4.69) is 0 Å². The number of ether oxygens (including phenoxy) is 1. The lowest BCUT2D eigenvalue weighted by atomic mass is 10.1. The van der Waals surface area contributed by atoms with Gasteiger partial charge in [0.2, 0.25) is 12.3 Å². The Morgan fingerprint density at radius 1 is 1.25 bits per heavy atom. The largest absolute Gasteiger partial charge is 1.00 e. The number of benzene rings is 1. The van der Waals surface area contributed by atoms with Crippen molar-refractivity contribution < 1.29 is 30.9 Å². The van der Waals surface area contributed by atoms with Gasteiger partial charge >= 0.3 is 5.63 Å². The zero-order chi connectivity index (χ0) is 16.4. The summed E-state index contributed by atoms with van der Waals surface area (Å²) in [4.78, 5) is 24.5. The maximum absolute atomic E-state index is 12.4. The number of hydrogen-bond acceptors (Lipinski definition) is 4. The molecule has 0 aliphatic heterocycles. The zero-order valence-corrected chi connectivity index (χ0v) is 14.0. The van der Waals surface area contributed by atoms with Gasteiger partial charge in [0.15, 0.2) is 12.4 Å². The van der Waals surface area contributed by atoms with E-state index in [4.69, 9.17) is 9.15 Å². The third-order valence-electron chi connectivity index (χ3n) is 3.57. The van der Waals surface area contributed by atoms with Crippen molar-refractivity contribution in [2.75, 3.05) is 7.11 Å². The van der Waals surface area contributed by atoms with Crippen molar-refractivity contribution in [2.24, 2.45) is 0 Å². The van der Waals surface area contributed by atoms with Crippen molar-refractivity contribution in [3.63, 3.8) is 0 Å². The molecule has 0 N–H and O–H groups in total. The molecule has 0 unspecified atom stereocenters. The van der Waals surface area contributed by atoms with Gasteiger partial charge in [-0.2, -0.15) is 4.57 Å². The van der Waals surface area contributed by atoms with Gasteiger partial charge in [0.05, 0.1) is 7.11 Å². The Labute approximate surface area is 144 Å². The second kappa shape index (κ2) is 7.27. The summed E-state index contributed by atoms with van der Waals surface area (Å²) in [6.45, 7) is 2.03. The summed E-state index contributed by atoms with van der Waals surface area (Å²) in [6, 6.07) is 10.4. The molecule has 3 aromatic rings. The summed E-state index contributed by atoms with van der Waals surface area (Å²) < 4.78 is 12.1. The molecule has 0 fully saturated rings. The summed E-state index contributed by atoms with van der Waals surface area (Å²) in [5, 5.41) is 0.654. The van der Waals surface area contributed by atoms with Gasteiger partial charge in [-0.15, -0.1) is 0 Å². The van der Waals surface area contributed by atoms with Crippen LogP contribution in [0, 0.1) is 6.92 Å². The lowest BCUT2D eigenvalue weighted by Gasteiger charge is -2.03. The molecule has 0 atom stereocenters. The predicted molar refractivity (Wildman–Crippen MR) is 84.7 cm³/mol. The minimum atomic E-state index is -0.624. The molecule has 124 valence electrons. The number of pyridine rings is 1. The summed E-state index contributed by atoms with van der Waals surface area (Å²) in [7, 11) is 1.56. The first-order chi connectivity index (χ1) is 11.1. The van der Waals surface area contributed by atoms with Crippen molar-refractivity contribution in [3.05, 3.63) is 70.3 Å². The van der Waals surface area contributed by atoms with Crippen molar-refractivity contribution in [2.45, 2.75) is 13.5 Å². The third-order valence-corrected chi connectivity index (χ3v) is 3.57. The molecule has 3 rings (SSSR count). The molecular formula is C18H16ClNO4. The highest BCUT2D eigenvalue weighted by molar-refractivity contribution is 5.97. The van der Waals surface area contributed by atoms with Crippen molar-refractivity contribution in [1.29, 1.82) is 0 Å². The predicted octanol–water partition coefficient (Wildman–Crippen LogP) is -0.716. The average Bonchev–Trinajstić information content (AvgIpc) is 2.53. The van der Waals surface area contributed by atoms with Crippen LogP contribution >= 0.6 is 0 Å². The Morgan fingerprint density at radius 3 is 2.75 bits per heavy atom. The average molecular weight is 346 g/mol. The molecule has 0 bridgehead atoms. The molecular weight excluding hydrogens is 330 g/mol. The maximum atomic E-state index is 12.4. The normalized spacial score (nSPS) is 10.2. The number of fused-ring (bicyclic) bond motifs is 1. The van der Waals surface area contributed by atoms with Crippen LogP contribution in [-0.2, 0) is 6.54 Å². The van der Waals surface area contributed by atoms with Gasteiger partial charge in [-0.1, -0.05) is 0 Å². The molecule has 6 heteroatoms. The van der Waals surface area contributed by atoms with Crippen molar-refractivity contribution in [3.8, 4) is 5.75 Å². The van der Waals surface area contributed by atoms with Crippen molar-refractivity contribution >= 4 is 16.8 Å². The van der Waals surface area contributed by atoms with Gasteiger partial charge in [-0.25, -0.2) is 4.79 Å².